The fourth-order valence-electron chi connectivity index (χ4n) is 1.07. The zero-order chi connectivity index (χ0) is 13.8. The van der Waals surface area contributed by atoms with Gasteiger partial charge in [-0.2, -0.15) is 4.89 Å². The lowest BCUT2D eigenvalue weighted by molar-refractivity contribution is 0.520. The molecule has 18 heavy (non-hydrogen) atoms. The Morgan fingerprint density at radius 2 is 1.06 bits per heavy atom. The van der Waals surface area contributed by atoms with E-state index in [4.69, 9.17) is 9.46 Å². The van der Waals surface area contributed by atoms with E-state index in [1.807, 2.05) is 36.4 Å². The first-order chi connectivity index (χ1) is 8.52. The van der Waals surface area contributed by atoms with E-state index < -0.39 is 7.23 Å². The Hall–Kier alpha value is -1.15. The molecule has 0 spiro atoms. The summed E-state index contributed by atoms with van der Waals surface area (Å²) in [6.45, 7) is 4.17. The predicted molar refractivity (Wildman–Crippen MR) is 81.2 cm³/mol. The SMILES string of the molecule is Cc1ccccc1.Cc1ccccc1.O=[P+](O)S. The van der Waals surface area contributed by atoms with Crippen LogP contribution in [0.4, 0.5) is 0 Å². The summed E-state index contributed by atoms with van der Waals surface area (Å²) in [6.07, 6.45) is 0. The van der Waals surface area contributed by atoms with E-state index in [0.717, 1.165) is 0 Å². The second-order valence-electron chi connectivity index (χ2n) is 3.56. The van der Waals surface area contributed by atoms with Crippen LogP contribution in [0.25, 0.3) is 0 Å². The van der Waals surface area contributed by atoms with Crippen molar-refractivity contribution in [1.29, 1.82) is 0 Å². The van der Waals surface area contributed by atoms with Gasteiger partial charge in [0, 0.05) is 0 Å². The maximum Gasteiger partial charge on any atom is 0.579 e. The minimum Gasteiger partial charge on any atom is -0.151 e. The van der Waals surface area contributed by atoms with Crippen LogP contribution >= 0.6 is 19.5 Å². The highest BCUT2D eigenvalue weighted by Crippen LogP contribution is 2.16. The zero-order valence-corrected chi connectivity index (χ0v) is 12.3. The highest BCUT2D eigenvalue weighted by atomic mass is 32.7. The van der Waals surface area contributed by atoms with E-state index in [2.05, 4.69) is 50.4 Å². The number of hydrogen-bond donors (Lipinski definition) is 2. The molecule has 0 aliphatic carbocycles. The van der Waals surface area contributed by atoms with Crippen LogP contribution in [0.5, 0.6) is 0 Å². The largest absolute Gasteiger partial charge is 0.579 e. The molecule has 0 aliphatic heterocycles. The fraction of sp³-hybridized carbons (Fsp3) is 0.143. The van der Waals surface area contributed by atoms with Crippen LogP contribution in [0.2, 0.25) is 0 Å². The van der Waals surface area contributed by atoms with Crippen LogP contribution in [0.1, 0.15) is 11.1 Å². The first-order valence-electron chi connectivity index (χ1n) is 5.40. The second-order valence-corrected chi connectivity index (χ2v) is 5.09. The predicted octanol–water partition coefficient (Wildman–Crippen LogP) is 4.56. The number of hydrogen-bond acceptors (Lipinski definition) is 1. The van der Waals surface area contributed by atoms with Gasteiger partial charge in [0.2, 0.25) is 0 Å². The van der Waals surface area contributed by atoms with Gasteiger partial charge in [0.25, 0.3) is 0 Å². The van der Waals surface area contributed by atoms with Gasteiger partial charge in [-0.3, -0.25) is 0 Å². The smallest absolute Gasteiger partial charge is 0.151 e. The molecule has 2 nitrogen and oxygen atoms in total. The summed E-state index contributed by atoms with van der Waals surface area (Å²) in [4.78, 5) is 7.43. The average Bonchev–Trinajstić information content (AvgIpc) is 2.31. The third kappa shape index (κ3) is 12.9. The third-order valence-corrected chi connectivity index (χ3v) is 1.88. The molecule has 2 aromatic carbocycles. The monoisotopic (exact) mass is 281 g/mol. The van der Waals surface area contributed by atoms with E-state index in [1.165, 1.54) is 11.1 Å². The van der Waals surface area contributed by atoms with Gasteiger partial charge in [0.05, 0.1) is 0 Å². The van der Waals surface area contributed by atoms with Gasteiger partial charge in [0.1, 0.15) is 12.2 Å². The fourth-order valence-corrected chi connectivity index (χ4v) is 1.07. The summed E-state index contributed by atoms with van der Waals surface area (Å²) in [6, 6.07) is 20.5. The quantitative estimate of drug-likeness (QED) is 0.549. The van der Waals surface area contributed by atoms with Crippen molar-refractivity contribution >= 4 is 19.5 Å². The molecule has 0 bridgehead atoms. The van der Waals surface area contributed by atoms with Gasteiger partial charge in [0.15, 0.2) is 0 Å². The molecule has 0 heterocycles. The molecule has 1 N–H and O–H groups in total. The Kier molecular flexibility index (Phi) is 10.3. The van der Waals surface area contributed by atoms with Crippen molar-refractivity contribution in [2.75, 3.05) is 0 Å². The second kappa shape index (κ2) is 11.0. The Balaban J connectivity index is 0.000000253. The van der Waals surface area contributed by atoms with Gasteiger partial charge in [-0.05, 0) is 18.4 Å². The van der Waals surface area contributed by atoms with Crippen molar-refractivity contribution in [2.45, 2.75) is 13.8 Å². The molecular formula is C14H18O2PS+. The summed E-state index contributed by atoms with van der Waals surface area (Å²) >= 11 is 3.03. The lowest BCUT2D eigenvalue weighted by Crippen LogP contribution is -1.62. The number of aryl methyl sites for hydroxylation is 2. The summed E-state index contributed by atoms with van der Waals surface area (Å²) in [5, 5.41) is 0. The van der Waals surface area contributed by atoms with Crippen LogP contribution in [-0.2, 0) is 4.57 Å². The van der Waals surface area contributed by atoms with Gasteiger partial charge < -0.3 is 0 Å². The molecule has 0 saturated carbocycles. The Morgan fingerprint density at radius 3 is 1.17 bits per heavy atom. The summed E-state index contributed by atoms with van der Waals surface area (Å²) in [7, 11) is -2.18. The van der Waals surface area contributed by atoms with Gasteiger partial charge in [-0.15, -0.1) is 0 Å². The molecule has 0 fully saturated rings. The summed E-state index contributed by atoms with van der Waals surface area (Å²) in [5.74, 6) is 0. The molecule has 96 valence electrons. The maximum absolute atomic E-state index is 9.01. The number of rotatable bonds is 0. The van der Waals surface area contributed by atoms with E-state index in [1.54, 1.807) is 0 Å². The van der Waals surface area contributed by atoms with Crippen LogP contribution in [0, 0.1) is 13.8 Å². The van der Waals surface area contributed by atoms with Crippen LogP contribution in [-0.4, -0.2) is 4.89 Å². The van der Waals surface area contributed by atoms with Crippen molar-refractivity contribution < 1.29 is 9.46 Å². The standard InChI is InChI=1S/2C7H8.HO2PS/c2*1-7-5-3-2-4-6-7;1-3(2)4/h2*2-6H,1H3;(H-,1,2,4)/p+1. The molecule has 0 amide bonds. The minimum absolute atomic E-state index is 1.32. The Labute approximate surface area is 115 Å². The van der Waals surface area contributed by atoms with E-state index in [0.29, 0.717) is 0 Å². The molecule has 1 unspecified atom stereocenters. The highest BCUT2D eigenvalue weighted by molar-refractivity contribution is 8.38. The summed E-state index contributed by atoms with van der Waals surface area (Å²) in [5.41, 5.74) is 2.64. The molecule has 1 atom stereocenters. The molecule has 0 aliphatic rings. The highest BCUT2D eigenvalue weighted by Gasteiger charge is 1.90. The van der Waals surface area contributed by atoms with Crippen molar-refractivity contribution in [2.24, 2.45) is 0 Å². The molecule has 0 aromatic heterocycles. The molecular weight excluding hydrogens is 263 g/mol. The molecule has 2 rings (SSSR count). The molecule has 0 saturated heterocycles. The van der Waals surface area contributed by atoms with Crippen LogP contribution in [0.3, 0.4) is 0 Å². The lowest BCUT2D eigenvalue weighted by Gasteiger charge is -1.82. The third-order valence-electron chi connectivity index (χ3n) is 1.88. The molecule has 4 heteroatoms. The first-order valence-corrected chi connectivity index (χ1v) is 7.77. The summed E-state index contributed by atoms with van der Waals surface area (Å²) < 4.78 is 9.01. The van der Waals surface area contributed by atoms with Crippen LogP contribution < -0.4 is 0 Å². The zero-order valence-electron chi connectivity index (χ0n) is 10.5. The van der Waals surface area contributed by atoms with E-state index in [-0.39, 0.29) is 0 Å². The number of benzene rings is 2. The van der Waals surface area contributed by atoms with Crippen molar-refractivity contribution in [3.05, 3.63) is 71.8 Å². The van der Waals surface area contributed by atoms with Gasteiger partial charge >= 0.3 is 7.23 Å². The average molecular weight is 281 g/mol. The van der Waals surface area contributed by atoms with Gasteiger partial charge in [-0.25, -0.2) is 0 Å². The lowest BCUT2D eigenvalue weighted by atomic mass is 10.2. The minimum atomic E-state index is -2.18. The van der Waals surface area contributed by atoms with E-state index >= 15 is 0 Å². The van der Waals surface area contributed by atoms with Crippen molar-refractivity contribution in [3.8, 4) is 0 Å². The molecule has 2 aromatic rings. The van der Waals surface area contributed by atoms with Crippen molar-refractivity contribution in [1.82, 2.24) is 0 Å². The van der Waals surface area contributed by atoms with Gasteiger partial charge in [-0.1, -0.05) is 71.8 Å². The van der Waals surface area contributed by atoms with Crippen LogP contribution in [0.15, 0.2) is 60.7 Å². The number of thiol groups is 1. The molecule has 0 radical (unpaired) electrons. The topological polar surface area (TPSA) is 37.3 Å². The first kappa shape index (κ1) is 16.9. The van der Waals surface area contributed by atoms with Crippen molar-refractivity contribution in [3.63, 3.8) is 0 Å². The maximum atomic E-state index is 9.01. The van der Waals surface area contributed by atoms with E-state index in [9.17, 15) is 0 Å². The Bertz CT molecular complexity index is 391. The Morgan fingerprint density at radius 1 is 0.833 bits per heavy atom. The normalized spacial score (nSPS) is 9.22.